The number of fused-ring (bicyclic) bond motifs is 1. The van der Waals surface area contributed by atoms with Gasteiger partial charge in [0.25, 0.3) is 0 Å². The first-order chi connectivity index (χ1) is 9.85. The van der Waals surface area contributed by atoms with E-state index in [1.807, 2.05) is 0 Å². The van der Waals surface area contributed by atoms with Crippen LogP contribution in [0.4, 0.5) is 0 Å². The molecule has 2 aromatic carbocycles. The first-order valence-corrected chi connectivity index (χ1v) is 8.13. The Bertz CT molecular complexity index is 522. The highest BCUT2D eigenvalue weighted by atomic mass is 35.5. The molecule has 116 valence electrons. The lowest BCUT2D eigenvalue weighted by molar-refractivity contribution is 0.276. The van der Waals surface area contributed by atoms with Gasteiger partial charge in [-0.3, -0.25) is 4.90 Å². The van der Waals surface area contributed by atoms with Crippen LogP contribution in [-0.4, -0.2) is 23.9 Å². The Morgan fingerprint density at radius 1 is 0.952 bits per heavy atom. The maximum Gasteiger partial charge on any atom is 0.0351 e. The normalized spacial score (nSPS) is 10.8. The van der Waals surface area contributed by atoms with E-state index in [1.165, 1.54) is 35.6 Å². The van der Waals surface area contributed by atoms with Gasteiger partial charge < -0.3 is 0 Å². The maximum absolute atomic E-state index is 5.95. The van der Waals surface area contributed by atoms with Crippen molar-refractivity contribution in [2.24, 2.45) is 0 Å². The zero-order chi connectivity index (χ0) is 14.2. The highest BCUT2D eigenvalue weighted by Gasteiger charge is 2.07. The average molecular weight is 326 g/mol. The number of unbranched alkanes of at least 4 members (excludes halogenated alkanes) is 2. The van der Waals surface area contributed by atoms with Gasteiger partial charge in [0, 0.05) is 19.0 Å². The van der Waals surface area contributed by atoms with E-state index < -0.39 is 0 Å². The van der Waals surface area contributed by atoms with E-state index in [-0.39, 0.29) is 12.4 Å². The Balaban J connectivity index is 0.00000220. The summed E-state index contributed by atoms with van der Waals surface area (Å²) in [5.41, 5.74) is 1.41. The zero-order valence-corrected chi connectivity index (χ0v) is 14.3. The molecule has 0 aromatic heterocycles. The van der Waals surface area contributed by atoms with Crippen LogP contribution < -0.4 is 0 Å². The molecule has 2 rings (SSSR count). The highest BCUT2D eigenvalue weighted by molar-refractivity contribution is 6.18. The highest BCUT2D eigenvalue weighted by Crippen LogP contribution is 2.20. The summed E-state index contributed by atoms with van der Waals surface area (Å²) < 4.78 is 0. The van der Waals surface area contributed by atoms with E-state index in [9.17, 15) is 0 Å². The van der Waals surface area contributed by atoms with Crippen molar-refractivity contribution in [2.75, 3.05) is 19.0 Å². The number of hydrogen-bond acceptors (Lipinski definition) is 1. The van der Waals surface area contributed by atoms with Crippen LogP contribution in [0, 0.1) is 0 Å². The lowest BCUT2D eigenvalue weighted by atomic mass is 10.0. The van der Waals surface area contributed by atoms with Crippen LogP contribution in [0.3, 0.4) is 0 Å². The fourth-order valence-electron chi connectivity index (χ4n) is 2.65. The Hall–Kier alpha value is -0.760. The average Bonchev–Trinajstić information content (AvgIpc) is 2.48. The minimum absolute atomic E-state index is 0. The molecular formula is C18H25Cl2N. The van der Waals surface area contributed by atoms with Gasteiger partial charge in [-0.2, -0.15) is 0 Å². The number of halogens is 2. The monoisotopic (exact) mass is 325 g/mol. The van der Waals surface area contributed by atoms with E-state index >= 15 is 0 Å². The molecule has 0 saturated heterocycles. The second kappa shape index (κ2) is 10.0. The molecule has 0 N–H and O–H groups in total. The van der Waals surface area contributed by atoms with Crippen LogP contribution in [0.2, 0.25) is 0 Å². The van der Waals surface area contributed by atoms with E-state index in [0.29, 0.717) is 5.88 Å². The van der Waals surface area contributed by atoms with Gasteiger partial charge in [-0.15, -0.1) is 24.0 Å². The van der Waals surface area contributed by atoms with Crippen LogP contribution in [0.1, 0.15) is 31.7 Å². The summed E-state index contributed by atoms with van der Waals surface area (Å²) in [7, 11) is 0. The summed E-state index contributed by atoms with van der Waals surface area (Å²) in [5, 5.41) is 2.69. The fourth-order valence-corrected chi connectivity index (χ4v) is 2.89. The molecule has 3 heteroatoms. The summed E-state index contributed by atoms with van der Waals surface area (Å²) in [6.07, 6.45) is 3.83. The molecule has 0 atom stereocenters. The third-order valence-electron chi connectivity index (χ3n) is 3.75. The van der Waals surface area contributed by atoms with Crippen molar-refractivity contribution in [3.63, 3.8) is 0 Å². The van der Waals surface area contributed by atoms with Gasteiger partial charge in [0.15, 0.2) is 0 Å². The summed E-state index contributed by atoms with van der Waals surface area (Å²) in [6, 6.07) is 15.2. The minimum Gasteiger partial charge on any atom is -0.298 e. The molecule has 0 amide bonds. The zero-order valence-electron chi connectivity index (χ0n) is 12.7. The fraction of sp³-hybridized carbons (Fsp3) is 0.444. The SMILES string of the molecule is CCCCCN(CCCl)Cc1cccc2ccccc12.Cl. The lowest BCUT2D eigenvalue weighted by Crippen LogP contribution is -2.26. The van der Waals surface area contributed by atoms with Gasteiger partial charge in [0.2, 0.25) is 0 Å². The molecule has 0 bridgehead atoms. The van der Waals surface area contributed by atoms with E-state index in [4.69, 9.17) is 11.6 Å². The summed E-state index contributed by atoms with van der Waals surface area (Å²) >= 11 is 5.95. The summed E-state index contributed by atoms with van der Waals surface area (Å²) in [5.74, 6) is 0.705. The number of rotatable bonds is 8. The van der Waals surface area contributed by atoms with Crippen molar-refractivity contribution in [2.45, 2.75) is 32.7 Å². The first kappa shape index (κ1) is 18.3. The maximum atomic E-state index is 5.95. The Morgan fingerprint density at radius 3 is 2.48 bits per heavy atom. The molecule has 21 heavy (non-hydrogen) atoms. The number of hydrogen-bond donors (Lipinski definition) is 0. The van der Waals surface area contributed by atoms with Gasteiger partial charge in [0.1, 0.15) is 0 Å². The standard InChI is InChI=1S/C18H24ClN.ClH/c1-2-3-6-13-20(14-12-19)15-17-10-7-9-16-8-4-5-11-18(16)17;/h4-5,7-11H,2-3,6,12-15H2,1H3;1H. The van der Waals surface area contributed by atoms with Gasteiger partial charge >= 0.3 is 0 Å². The van der Waals surface area contributed by atoms with Crippen LogP contribution in [0.25, 0.3) is 10.8 Å². The minimum atomic E-state index is 0. The smallest absolute Gasteiger partial charge is 0.0351 e. The van der Waals surface area contributed by atoms with Crippen LogP contribution in [0.15, 0.2) is 42.5 Å². The third kappa shape index (κ3) is 5.50. The largest absolute Gasteiger partial charge is 0.298 e. The predicted molar refractivity (Wildman–Crippen MR) is 96.7 cm³/mol. The molecular weight excluding hydrogens is 301 g/mol. The van der Waals surface area contributed by atoms with Crippen LogP contribution in [-0.2, 0) is 6.54 Å². The molecule has 0 aliphatic heterocycles. The third-order valence-corrected chi connectivity index (χ3v) is 3.92. The number of nitrogens with zero attached hydrogens (tertiary/aromatic N) is 1. The second-order valence-corrected chi connectivity index (χ2v) is 5.69. The molecule has 0 saturated carbocycles. The summed E-state index contributed by atoms with van der Waals surface area (Å²) in [6.45, 7) is 5.35. The van der Waals surface area contributed by atoms with Crippen molar-refractivity contribution in [1.29, 1.82) is 0 Å². The molecule has 0 spiro atoms. The first-order valence-electron chi connectivity index (χ1n) is 7.60. The van der Waals surface area contributed by atoms with Crippen LogP contribution >= 0.6 is 24.0 Å². The lowest BCUT2D eigenvalue weighted by Gasteiger charge is -2.22. The van der Waals surface area contributed by atoms with E-state index in [1.54, 1.807) is 0 Å². The van der Waals surface area contributed by atoms with E-state index in [2.05, 4.69) is 54.3 Å². The number of benzene rings is 2. The topological polar surface area (TPSA) is 3.24 Å². The Kier molecular flexibility index (Phi) is 8.75. The van der Waals surface area contributed by atoms with Crippen LogP contribution in [0.5, 0.6) is 0 Å². The molecule has 0 unspecified atom stereocenters. The summed E-state index contributed by atoms with van der Waals surface area (Å²) in [4.78, 5) is 2.48. The van der Waals surface area contributed by atoms with Gasteiger partial charge in [-0.1, -0.05) is 62.2 Å². The van der Waals surface area contributed by atoms with Crippen molar-refractivity contribution in [3.8, 4) is 0 Å². The quantitative estimate of drug-likeness (QED) is 0.458. The van der Waals surface area contributed by atoms with Crippen molar-refractivity contribution in [1.82, 2.24) is 4.90 Å². The van der Waals surface area contributed by atoms with Crippen molar-refractivity contribution < 1.29 is 0 Å². The number of alkyl halides is 1. The van der Waals surface area contributed by atoms with Gasteiger partial charge in [0.05, 0.1) is 0 Å². The van der Waals surface area contributed by atoms with Crippen molar-refractivity contribution >= 4 is 34.8 Å². The van der Waals surface area contributed by atoms with Gasteiger partial charge in [-0.05, 0) is 29.3 Å². The molecule has 0 aliphatic rings. The molecule has 2 aromatic rings. The Labute approximate surface area is 139 Å². The molecule has 0 aliphatic carbocycles. The van der Waals surface area contributed by atoms with E-state index in [0.717, 1.165) is 19.6 Å². The Morgan fingerprint density at radius 2 is 1.71 bits per heavy atom. The molecule has 1 nitrogen and oxygen atoms in total. The molecule has 0 fully saturated rings. The predicted octanol–water partition coefficient (Wildman–Crippen LogP) is 5.49. The van der Waals surface area contributed by atoms with Gasteiger partial charge in [-0.25, -0.2) is 0 Å². The molecule has 0 radical (unpaired) electrons. The second-order valence-electron chi connectivity index (χ2n) is 5.31. The molecule has 0 heterocycles. The van der Waals surface area contributed by atoms with Crippen molar-refractivity contribution in [3.05, 3.63) is 48.0 Å².